The van der Waals surface area contributed by atoms with Gasteiger partial charge in [0.2, 0.25) is 0 Å². The summed E-state index contributed by atoms with van der Waals surface area (Å²) >= 11 is 0. The standard InChI is InChI=1S/C9H22NO2.BrH/c1-5-11-8-9-12-7-6-10(2,3)4;/h5-9H2,1-4H3;1H/q+1;/p-1. The van der Waals surface area contributed by atoms with Crippen molar-refractivity contribution in [2.24, 2.45) is 0 Å². The fourth-order valence-electron chi connectivity index (χ4n) is 0.703. The van der Waals surface area contributed by atoms with Gasteiger partial charge in [0, 0.05) is 6.61 Å². The first kappa shape index (κ1) is 15.8. The molecule has 0 saturated carbocycles. The van der Waals surface area contributed by atoms with Crippen LogP contribution in [-0.4, -0.2) is 58.6 Å². The molecule has 82 valence electrons. The van der Waals surface area contributed by atoms with Crippen molar-refractivity contribution in [3.63, 3.8) is 0 Å². The van der Waals surface area contributed by atoms with Crippen LogP contribution < -0.4 is 17.0 Å². The van der Waals surface area contributed by atoms with Gasteiger partial charge in [0.15, 0.2) is 0 Å². The van der Waals surface area contributed by atoms with E-state index in [4.69, 9.17) is 9.47 Å². The van der Waals surface area contributed by atoms with E-state index >= 15 is 0 Å². The van der Waals surface area contributed by atoms with Gasteiger partial charge in [-0.25, -0.2) is 0 Å². The van der Waals surface area contributed by atoms with Gasteiger partial charge < -0.3 is 30.9 Å². The van der Waals surface area contributed by atoms with Crippen LogP contribution in [-0.2, 0) is 9.47 Å². The second kappa shape index (κ2) is 8.94. The smallest absolute Gasteiger partial charge is 0.102 e. The molecule has 0 unspecified atom stereocenters. The molecule has 0 aromatic rings. The third-order valence-electron chi connectivity index (χ3n) is 1.48. The van der Waals surface area contributed by atoms with E-state index in [1.54, 1.807) is 0 Å². The SMILES string of the molecule is CCOCCOCC[N+](C)(C)C.[Br-]. The Morgan fingerprint density at radius 3 is 1.92 bits per heavy atom. The third-order valence-corrected chi connectivity index (χ3v) is 1.48. The van der Waals surface area contributed by atoms with Crippen LogP contribution >= 0.6 is 0 Å². The minimum absolute atomic E-state index is 0. The summed E-state index contributed by atoms with van der Waals surface area (Å²) in [6.45, 7) is 6.06. The number of rotatable bonds is 7. The Morgan fingerprint density at radius 1 is 0.923 bits per heavy atom. The van der Waals surface area contributed by atoms with Gasteiger partial charge in [-0.3, -0.25) is 0 Å². The van der Waals surface area contributed by atoms with Crippen LogP contribution in [0.15, 0.2) is 0 Å². The molecule has 0 fully saturated rings. The van der Waals surface area contributed by atoms with Gasteiger partial charge >= 0.3 is 0 Å². The topological polar surface area (TPSA) is 18.5 Å². The second-order valence-electron chi connectivity index (χ2n) is 3.82. The van der Waals surface area contributed by atoms with Gasteiger partial charge in [0.25, 0.3) is 0 Å². The summed E-state index contributed by atoms with van der Waals surface area (Å²) < 4.78 is 11.5. The Bertz CT molecular complexity index is 104. The first-order valence-electron chi connectivity index (χ1n) is 4.52. The van der Waals surface area contributed by atoms with Crippen LogP contribution in [0, 0.1) is 0 Å². The molecule has 0 saturated heterocycles. The molecular weight excluding hydrogens is 234 g/mol. The lowest BCUT2D eigenvalue weighted by molar-refractivity contribution is -0.870. The van der Waals surface area contributed by atoms with Crippen molar-refractivity contribution < 1.29 is 30.9 Å². The van der Waals surface area contributed by atoms with Gasteiger partial charge in [-0.2, -0.15) is 0 Å². The van der Waals surface area contributed by atoms with Crippen molar-refractivity contribution in [3.8, 4) is 0 Å². The number of likely N-dealkylation sites (N-methyl/N-ethyl adjacent to an activating group) is 1. The van der Waals surface area contributed by atoms with Crippen molar-refractivity contribution in [3.05, 3.63) is 0 Å². The number of ether oxygens (including phenoxy) is 2. The van der Waals surface area contributed by atoms with Crippen LogP contribution in [0.1, 0.15) is 6.92 Å². The molecule has 0 bridgehead atoms. The predicted octanol–water partition coefficient (Wildman–Crippen LogP) is -2.25. The van der Waals surface area contributed by atoms with Gasteiger partial charge in [-0.05, 0) is 6.92 Å². The Balaban J connectivity index is 0. The Kier molecular flexibility index (Phi) is 10.9. The molecule has 0 radical (unpaired) electrons. The molecule has 0 aromatic heterocycles. The molecule has 3 nitrogen and oxygen atoms in total. The molecule has 0 aliphatic carbocycles. The molecule has 0 amide bonds. The highest BCUT2D eigenvalue weighted by atomic mass is 79.9. The number of hydrogen-bond donors (Lipinski definition) is 0. The van der Waals surface area contributed by atoms with Gasteiger partial charge in [-0.1, -0.05) is 0 Å². The average Bonchev–Trinajstić information content (AvgIpc) is 1.94. The predicted molar refractivity (Wildman–Crippen MR) is 50.2 cm³/mol. The normalized spacial score (nSPS) is 11.1. The van der Waals surface area contributed by atoms with Gasteiger partial charge in [-0.15, -0.1) is 0 Å². The maximum atomic E-state index is 5.37. The monoisotopic (exact) mass is 255 g/mol. The highest BCUT2D eigenvalue weighted by Gasteiger charge is 2.04. The van der Waals surface area contributed by atoms with E-state index in [1.165, 1.54) is 0 Å². The molecule has 0 atom stereocenters. The zero-order chi connectivity index (χ0) is 9.45. The molecule has 0 spiro atoms. The first-order chi connectivity index (χ1) is 5.56. The van der Waals surface area contributed by atoms with Crippen molar-refractivity contribution in [1.29, 1.82) is 0 Å². The fraction of sp³-hybridized carbons (Fsp3) is 1.00. The summed E-state index contributed by atoms with van der Waals surface area (Å²) in [5.74, 6) is 0. The number of nitrogens with zero attached hydrogens (tertiary/aromatic N) is 1. The molecular formula is C9H22BrNO2. The van der Waals surface area contributed by atoms with Crippen LogP contribution in [0.5, 0.6) is 0 Å². The molecule has 4 heteroatoms. The van der Waals surface area contributed by atoms with E-state index in [0.717, 1.165) is 24.2 Å². The minimum Gasteiger partial charge on any atom is -1.00 e. The molecule has 0 N–H and O–H groups in total. The fourth-order valence-corrected chi connectivity index (χ4v) is 0.703. The Morgan fingerprint density at radius 2 is 1.46 bits per heavy atom. The molecule has 0 rings (SSSR count). The van der Waals surface area contributed by atoms with E-state index in [1.807, 2.05) is 6.92 Å². The maximum absolute atomic E-state index is 5.37. The summed E-state index contributed by atoms with van der Waals surface area (Å²) in [5.41, 5.74) is 0. The van der Waals surface area contributed by atoms with Crippen molar-refractivity contribution in [1.82, 2.24) is 0 Å². The molecule has 13 heavy (non-hydrogen) atoms. The molecule has 0 aromatic carbocycles. The molecule has 0 aliphatic heterocycles. The average molecular weight is 256 g/mol. The van der Waals surface area contributed by atoms with Crippen LogP contribution in [0.2, 0.25) is 0 Å². The lowest BCUT2D eigenvalue weighted by atomic mass is 10.5. The summed E-state index contributed by atoms with van der Waals surface area (Å²) in [6, 6.07) is 0. The Labute approximate surface area is 92.4 Å². The zero-order valence-corrected chi connectivity index (χ0v) is 10.8. The van der Waals surface area contributed by atoms with E-state index in [2.05, 4.69) is 21.1 Å². The third kappa shape index (κ3) is 15.1. The Hall–Kier alpha value is 0.360. The van der Waals surface area contributed by atoms with Crippen LogP contribution in [0.25, 0.3) is 0 Å². The van der Waals surface area contributed by atoms with E-state index in [-0.39, 0.29) is 17.0 Å². The quantitative estimate of drug-likeness (QED) is 0.378. The second-order valence-corrected chi connectivity index (χ2v) is 3.82. The number of hydrogen-bond acceptors (Lipinski definition) is 2. The largest absolute Gasteiger partial charge is 1.00 e. The lowest BCUT2D eigenvalue weighted by Gasteiger charge is -2.23. The highest BCUT2D eigenvalue weighted by molar-refractivity contribution is 4.31. The van der Waals surface area contributed by atoms with Crippen molar-refractivity contribution in [2.45, 2.75) is 6.92 Å². The molecule has 0 aliphatic rings. The number of quaternary nitrogens is 1. The van der Waals surface area contributed by atoms with Gasteiger partial charge in [0.05, 0.1) is 41.0 Å². The summed E-state index contributed by atoms with van der Waals surface area (Å²) in [6.07, 6.45) is 0. The van der Waals surface area contributed by atoms with E-state index < -0.39 is 0 Å². The van der Waals surface area contributed by atoms with Crippen LogP contribution in [0.3, 0.4) is 0 Å². The van der Waals surface area contributed by atoms with E-state index in [9.17, 15) is 0 Å². The number of halogens is 1. The summed E-state index contributed by atoms with van der Waals surface area (Å²) in [5, 5.41) is 0. The zero-order valence-electron chi connectivity index (χ0n) is 9.18. The lowest BCUT2D eigenvalue weighted by Crippen LogP contribution is -3.00. The first-order valence-corrected chi connectivity index (χ1v) is 4.52. The minimum atomic E-state index is 0. The van der Waals surface area contributed by atoms with Crippen molar-refractivity contribution >= 4 is 0 Å². The van der Waals surface area contributed by atoms with Gasteiger partial charge in [0.1, 0.15) is 6.54 Å². The highest BCUT2D eigenvalue weighted by Crippen LogP contribution is 1.89. The summed E-state index contributed by atoms with van der Waals surface area (Å²) in [4.78, 5) is 0. The van der Waals surface area contributed by atoms with E-state index in [0.29, 0.717) is 13.2 Å². The maximum Gasteiger partial charge on any atom is 0.102 e. The summed E-state index contributed by atoms with van der Waals surface area (Å²) in [7, 11) is 6.48. The molecule has 0 heterocycles. The van der Waals surface area contributed by atoms with Crippen LogP contribution in [0.4, 0.5) is 0 Å². The van der Waals surface area contributed by atoms with Crippen molar-refractivity contribution in [2.75, 3.05) is 54.1 Å².